The predicted octanol–water partition coefficient (Wildman–Crippen LogP) is -0.257. The van der Waals surface area contributed by atoms with E-state index >= 15 is 0 Å². The van der Waals surface area contributed by atoms with Gasteiger partial charge in [0.15, 0.2) is 18.3 Å². The third-order valence-corrected chi connectivity index (χ3v) is 2.90. The van der Waals surface area contributed by atoms with Crippen molar-refractivity contribution in [2.24, 2.45) is 0 Å². The van der Waals surface area contributed by atoms with Gasteiger partial charge in [0.25, 0.3) is 0 Å². The topological polar surface area (TPSA) is 114 Å². The summed E-state index contributed by atoms with van der Waals surface area (Å²) in [7, 11) is 0. The number of rotatable bonds is 5. The van der Waals surface area contributed by atoms with E-state index in [1.807, 2.05) is 0 Å². The zero-order chi connectivity index (χ0) is 17.6. The molecule has 0 saturated carbocycles. The monoisotopic (exact) mass is 332 g/mol. The Labute approximate surface area is 133 Å². The van der Waals surface area contributed by atoms with Crippen molar-refractivity contribution in [1.82, 2.24) is 0 Å². The van der Waals surface area contributed by atoms with Gasteiger partial charge in [-0.05, 0) is 0 Å². The zero-order valence-electron chi connectivity index (χ0n) is 13.4. The second-order valence-corrected chi connectivity index (χ2v) is 4.97. The number of esters is 4. The zero-order valence-corrected chi connectivity index (χ0v) is 13.4. The van der Waals surface area contributed by atoms with Gasteiger partial charge < -0.3 is 23.7 Å². The van der Waals surface area contributed by atoms with Gasteiger partial charge in [0.05, 0.1) is 6.61 Å². The van der Waals surface area contributed by atoms with Gasteiger partial charge in [0.2, 0.25) is 0 Å². The van der Waals surface area contributed by atoms with Crippen LogP contribution in [0.3, 0.4) is 0 Å². The van der Waals surface area contributed by atoms with Crippen LogP contribution in [0.15, 0.2) is 0 Å². The lowest BCUT2D eigenvalue weighted by Gasteiger charge is -2.40. The highest BCUT2D eigenvalue weighted by atomic mass is 16.7. The van der Waals surface area contributed by atoms with Crippen LogP contribution in [-0.2, 0) is 42.9 Å². The van der Waals surface area contributed by atoms with E-state index in [0.29, 0.717) is 0 Å². The van der Waals surface area contributed by atoms with Crippen molar-refractivity contribution in [3.05, 3.63) is 0 Å². The van der Waals surface area contributed by atoms with Crippen LogP contribution in [0.5, 0.6) is 0 Å². The second kappa shape index (κ2) is 8.47. The molecular weight excluding hydrogens is 312 g/mol. The van der Waals surface area contributed by atoms with Gasteiger partial charge in [-0.25, -0.2) is 0 Å². The standard InChI is InChI=1S/C14H20O9/c1-7(15)19-5-11-13(22-9(3)17)14(23-10(4)18)12(6-20-11)21-8(2)16/h11-14H,5-6H2,1-4H3/t11?,12-,13+,14-/m1/s1. The van der Waals surface area contributed by atoms with Gasteiger partial charge in [-0.2, -0.15) is 0 Å². The molecule has 0 bridgehead atoms. The molecular formula is C14H20O9. The molecule has 0 radical (unpaired) electrons. The van der Waals surface area contributed by atoms with Crippen molar-refractivity contribution >= 4 is 23.9 Å². The maximum atomic E-state index is 11.3. The first-order chi connectivity index (χ1) is 10.7. The number of carbonyl (C=O) groups is 4. The minimum atomic E-state index is -1.08. The van der Waals surface area contributed by atoms with E-state index in [2.05, 4.69) is 0 Å². The lowest BCUT2D eigenvalue weighted by molar-refractivity contribution is -0.231. The van der Waals surface area contributed by atoms with Crippen molar-refractivity contribution in [3.8, 4) is 0 Å². The third kappa shape index (κ3) is 6.23. The SMILES string of the molecule is CC(=O)OCC1OC[C@@H](OC(C)=O)[C@@H](OC(C)=O)[C@H]1OC(C)=O. The molecule has 0 aromatic carbocycles. The maximum absolute atomic E-state index is 11.3. The normalized spacial score (nSPS) is 26.8. The molecule has 23 heavy (non-hydrogen) atoms. The molecule has 9 heteroatoms. The number of carbonyl (C=O) groups excluding carboxylic acids is 4. The highest BCUT2D eigenvalue weighted by molar-refractivity contribution is 5.68. The summed E-state index contributed by atoms with van der Waals surface area (Å²) in [6.45, 7) is 4.46. The number of hydrogen-bond donors (Lipinski definition) is 0. The van der Waals surface area contributed by atoms with Crippen LogP contribution >= 0.6 is 0 Å². The molecule has 1 unspecified atom stereocenters. The third-order valence-electron chi connectivity index (χ3n) is 2.90. The van der Waals surface area contributed by atoms with Gasteiger partial charge in [-0.3, -0.25) is 19.2 Å². The fourth-order valence-electron chi connectivity index (χ4n) is 2.16. The highest BCUT2D eigenvalue weighted by Crippen LogP contribution is 2.24. The van der Waals surface area contributed by atoms with Crippen molar-refractivity contribution in [1.29, 1.82) is 0 Å². The average molecular weight is 332 g/mol. The molecule has 1 heterocycles. The fourth-order valence-corrected chi connectivity index (χ4v) is 2.16. The van der Waals surface area contributed by atoms with Gasteiger partial charge >= 0.3 is 23.9 Å². The average Bonchev–Trinajstić information content (AvgIpc) is 2.39. The summed E-state index contributed by atoms with van der Waals surface area (Å²) < 4.78 is 25.6. The molecule has 0 aliphatic carbocycles. The minimum Gasteiger partial charge on any atom is -0.463 e. The summed E-state index contributed by atoms with van der Waals surface area (Å²) in [5.41, 5.74) is 0. The summed E-state index contributed by atoms with van der Waals surface area (Å²) in [6, 6.07) is 0. The van der Waals surface area contributed by atoms with Gasteiger partial charge in [-0.15, -0.1) is 0 Å². The van der Waals surface area contributed by atoms with E-state index in [1.165, 1.54) is 27.7 Å². The Balaban J connectivity index is 2.98. The lowest BCUT2D eigenvalue weighted by atomic mass is 9.99. The summed E-state index contributed by atoms with van der Waals surface area (Å²) in [5.74, 6) is -2.43. The van der Waals surface area contributed by atoms with E-state index in [4.69, 9.17) is 23.7 Å². The first-order valence-electron chi connectivity index (χ1n) is 6.97. The highest BCUT2D eigenvalue weighted by Gasteiger charge is 2.47. The predicted molar refractivity (Wildman–Crippen MR) is 73.0 cm³/mol. The Morgan fingerprint density at radius 2 is 1.35 bits per heavy atom. The molecule has 0 N–H and O–H groups in total. The van der Waals surface area contributed by atoms with E-state index in [-0.39, 0.29) is 13.2 Å². The Hall–Kier alpha value is -2.16. The van der Waals surface area contributed by atoms with E-state index in [9.17, 15) is 19.2 Å². The maximum Gasteiger partial charge on any atom is 0.303 e. The van der Waals surface area contributed by atoms with E-state index in [0.717, 1.165) is 0 Å². The van der Waals surface area contributed by atoms with Crippen molar-refractivity contribution in [3.63, 3.8) is 0 Å². The molecule has 9 nitrogen and oxygen atoms in total. The molecule has 0 spiro atoms. The van der Waals surface area contributed by atoms with Gasteiger partial charge in [0.1, 0.15) is 12.7 Å². The first kappa shape index (κ1) is 18.9. The Morgan fingerprint density at radius 1 is 0.826 bits per heavy atom. The summed E-state index contributed by atoms with van der Waals surface area (Å²) >= 11 is 0. The Morgan fingerprint density at radius 3 is 1.83 bits per heavy atom. The van der Waals surface area contributed by atoms with Crippen LogP contribution < -0.4 is 0 Å². The van der Waals surface area contributed by atoms with Crippen LogP contribution in [0.2, 0.25) is 0 Å². The van der Waals surface area contributed by atoms with Crippen molar-refractivity contribution in [2.75, 3.05) is 13.2 Å². The Kier molecular flexibility index (Phi) is 6.95. The van der Waals surface area contributed by atoms with Crippen LogP contribution in [0.4, 0.5) is 0 Å². The molecule has 1 rings (SSSR count). The Bertz CT molecular complexity index is 473. The smallest absolute Gasteiger partial charge is 0.303 e. The molecule has 0 amide bonds. The van der Waals surface area contributed by atoms with Crippen molar-refractivity contribution < 1.29 is 42.9 Å². The van der Waals surface area contributed by atoms with E-state index < -0.39 is 48.3 Å². The first-order valence-corrected chi connectivity index (χ1v) is 6.97. The lowest BCUT2D eigenvalue weighted by Crippen LogP contribution is -2.58. The molecule has 1 saturated heterocycles. The largest absolute Gasteiger partial charge is 0.463 e. The van der Waals surface area contributed by atoms with Crippen LogP contribution in [0.1, 0.15) is 27.7 Å². The molecule has 1 aliphatic heterocycles. The summed E-state index contributed by atoms with van der Waals surface area (Å²) in [4.78, 5) is 44.8. The van der Waals surface area contributed by atoms with Gasteiger partial charge in [0, 0.05) is 27.7 Å². The molecule has 4 atom stereocenters. The van der Waals surface area contributed by atoms with Crippen LogP contribution in [0.25, 0.3) is 0 Å². The van der Waals surface area contributed by atoms with Crippen LogP contribution in [0, 0.1) is 0 Å². The number of ether oxygens (including phenoxy) is 5. The second-order valence-electron chi connectivity index (χ2n) is 4.97. The summed E-state index contributed by atoms with van der Waals surface area (Å²) in [5, 5.41) is 0. The fraction of sp³-hybridized carbons (Fsp3) is 0.714. The molecule has 1 aliphatic rings. The van der Waals surface area contributed by atoms with E-state index in [1.54, 1.807) is 0 Å². The molecule has 0 aromatic heterocycles. The summed E-state index contributed by atoms with van der Waals surface area (Å²) in [6.07, 6.45) is -3.92. The van der Waals surface area contributed by atoms with Gasteiger partial charge in [-0.1, -0.05) is 0 Å². The number of hydrogen-bond acceptors (Lipinski definition) is 9. The molecule has 1 fully saturated rings. The molecule has 130 valence electrons. The van der Waals surface area contributed by atoms with Crippen LogP contribution in [-0.4, -0.2) is 61.5 Å². The van der Waals surface area contributed by atoms with Crippen molar-refractivity contribution in [2.45, 2.75) is 52.1 Å². The quantitative estimate of drug-likeness (QED) is 0.496. The molecule has 0 aromatic rings. The minimum absolute atomic E-state index is 0.0960.